The number of phenols is 1. The molecule has 4 nitrogen and oxygen atoms in total. The van der Waals surface area contributed by atoms with Gasteiger partial charge in [0, 0.05) is 12.5 Å². The van der Waals surface area contributed by atoms with Gasteiger partial charge in [-0.2, -0.15) is 0 Å². The summed E-state index contributed by atoms with van der Waals surface area (Å²) in [5.74, 6) is 1.30. The molecule has 106 valence electrons. The van der Waals surface area contributed by atoms with Gasteiger partial charge in [0.25, 0.3) is 0 Å². The third-order valence-corrected chi connectivity index (χ3v) is 3.98. The first-order valence-electron chi connectivity index (χ1n) is 6.91. The first kappa shape index (κ1) is 14.2. The van der Waals surface area contributed by atoms with Crippen molar-refractivity contribution in [3.8, 4) is 11.5 Å². The number of aliphatic hydroxyl groups excluding tert-OH is 1. The number of aromatic hydroxyl groups is 1. The highest BCUT2D eigenvalue weighted by molar-refractivity contribution is 5.37. The van der Waals surface area contributed by atoms with Crippen LogP contribution in [-0.2, 0) is 0 Å². The maximum absolute atomic E-state index is 9.65. The predicted octanol–water partition coefficient (Wildman–Crippen LogP) is 1.72. The molecular formula is C15H23NO3. The zero-order valence-corrected chi connectivity index (χ0v) is 11.5. The molecule has 0 amide bonds. The minimum atomic E-state index is 0.141. The quantitative estimate of drug-likeness (QED) is 0.851. The van der Waals surface area contributed by atoms with Crippen molar-refractivity contribution in [2.24, 2.45) is 11.8 Å². The van der Waals surface area contributed by atoms with Gasteiger partial charge in [-0.1, -0.05) is 12.1 Å². The van der Waals surface area contributed by atoms with Gasteiger partial charge in [-0.05, 0) is 51.0 Å². The molecule has 0 aromatic heterocycles. The van der Waals surface area contributed by atoms with Crippen molar-refractivity contribution < 1.29 is 14.9 Å². The molecule has 2 rings (SSSR count). The summed E-state index contributed by atoms with van der Waals surface area (Å²) in [6.07, 6.45) is 2.21. The normalized spacial score (nSPS) is 19.3. The van der Waals surface area contributed by atoms with Crippen molar-refractivity contribution in [3.63, 3.8) is 0 Å². The summed E-state index contributed by atoms with van der Waals surface area (Å²) in [5, 5.41) is 19.2. The Labute approximate surface area is 114 Å². The monoisotopic (exact) mass is 265 g/mol. The fourth-order valence-electron chi connectivity index (χ4n) is 2.61. The molecule has 1 aromatic carbocycles. The summed E-state index contributed by atoms with van der Waals surface area (Å²) in [6, 6.07) is 6.96. The van der Waals surface area contributed by atoms with E-state index in [2.05, 4.69) is 11.9 Å². The van der Waals surface area contributed by atoms with Crippen molar-refractivity contribution >= 4 is 0 Å². The van der Waals surface area contributed by atoms with Crippen molar-refractivity contribution in [2.75, 3.05) is 33.4 Å². The van der Waals surface area contributed by atoms with Crippen molar-refractivity contribution in [3.05, 3.63) is 24.3 Å². The lowest BCUT2D eigenvalue weighted by Gasteiger charge is -2.33. The number of nitrogens with zero attached hydrogens (tertiary/aromatic N) is 1. The molecule has 1 saturated heterocycles. The Morgan fingerprint density at radius 1 is 1.32 bits per heavy atom. The van der Waals surface area contributed by atoms with E-state index in [4.69, 9.17) is 4.74 Å². The van der Waals surface area contributed by atoms with Crippen LogP contribution in [0.1, 0.15) is 12.8 Å². The van der Waals surface area contributed by atoms with E-state index in [1.807, 2.05) is 6.07 Å². The summed E-state index contributed by atoms with van der Waals surface area (Å²) >= 11 is 0. The Morgan fingerprint density at radius 2 is 2.00 bits per heavy atom. The number of rotatable bonds is 5. The first-order chi connectivity index (χ1) is 9.20. The van der Waals surface area contributed by atoms with Crippen molar-refractivity contribution in [1.29, 1.82) is 0 Å². The van der Waals surface area contributed by atoms with Crippen molar-refractivity contribution in [2.45, 2.75) is 12.8 Å². The molecule has 1 aromatic rings. The number of ether oxygens (including phenoxy) is 1. The van der Waals surface area contributed by atoms with E-state index < -0.39 is 0 Å². The third-order valence-electron chi connectivity index (χ3n) is 3.98. The van der Waals surface area contributed by atoms with Crippen LogP contribution in [0, 0.1) is 11.8 Å². The SMILES string of the molecule is CN1CCC(C(CO)COc2ccccc2O)CC1. The molecule has 19 heavy (non-hydrogen) atoms. The zero-order chi connectivity index (χ0) is 13.7. The number of hydrogen-bond donors (Lipinski definition) is 2. The molecule has 1 unspecified atom stereocenters. The number of aliphatic hydroxyl groups is 1. The van der Waals surface area contributed by atoms with E-state index in [1.165, 1.54) is 0 Å². The molecule has 0 radical (unpaired) electrons. The van der Waals surface area contributed by atoms with Gasteiger partial charge in [0.05, 0.1) is 6.61 Å². The van der Waals surface area contributed by atoms with Crippen LogP contribution in [0.4, 0.5) is 0 Å². The fraction of sp³-hybridized carbons (Fsp3) is 0.600. The van der Waals surface area contributed by atoms with Crippen LogP contribution in [0.15, 0.2) is 24.3 Å². The lowest BCUT2D eigenvalue weighted by Crippen LogP contribution is -2.36. The molecule has 4 heteroatoms. The molecule has 1 heterocycles. The zero-order valence-electron chi connectivity index (χ0n) is 11.5. The average molecular weight is 265 g/mol. The number of benzene rings is 1. The lowest BCUT2D eigenvalue weighted by atomic mass is 9.85. The molecule has 0 bridgehead atoms. The largest absolute Gasteiger partial charge is 0.504 e. The Morgan fingerprint density at radius 3 is 2.63 bits per heavy atom. The Hall–Kier alpha value is -1.26. The summed E-state index contributed by atoms with van der Waals surface area (Å²) in [7, 11) is 2.13. The smallest absolute Gasteiger partial charge is 0.160 e. The molecule has 1 atom stereocenters. The average Bonchev–Trinajstić information content (AvgIpc) is 2.43. The van der Waals surface area contributed by atoms with Crippen LogP contribution in [0.3, 0.4) is 0 Å². The van der Waals surface area contributed by atoms with Crippen LogP contribution in [0.25, 0.3) is 0 Å². The summed E-state index contributed by atoms with van der Waals surface area (Å²) < 4.78 is 5.65. The summed E-state index contributed by atoms with van der Waals surface area (Å²) in [6.45, 7) is 2.76. The van der Waals surface area contributed by atoms with E-state index in [0.29, 0.717) is 18.3 Å². The molecule has 1 aliphatic rings. The van der Waals surface area contributed by atoms with E-state index >= 15 is 0 Å². The predicted molar refractivity (Wildman–Crippen MR) is 74.4 cm³/mol. The second-order valence-corrected chi connectivity index (χ2v) is 5.36. The lowest BCUT2D eigenvalue weighted by molar-refractivity contribution is 0.0799. The van der Waals surface area contributed by atoms with E-state index in [-0.39, 0.29) is 18.3 Å². The highest BCUT2D eigenvalue weighted by Gasteiger charge is 2.25. The molecule has 0 saturated carbocycles. The first-order valence-corrected chi connectivity index (χ1v) is 6.91. The van der Waals surface area contributed by atoms with E-state index in [9.17, 15) is 10.2 Å². The van der Waals surface area contributed by atoms with Crippen LogP contribution < -0.4 is 4.74 Å². The van der Waals surface area contributed by atoms with Gasteiger partial charge in [-0.15, -0.1) is 0 Å². The number of likely N-dealkylation sites (tertiary alicyclic amines) is 1. The van der Waals surface area contributed by atoms with Gasteiger partial charge in [0.2, 0.25) is 0 Å². The number of phenolic OH excluding ortho intramolecular Hbond substituents is 1. The highest BCUT2D eigenvalue weighted by Crippen LogP contribution is 2.28. The maximum Gasteiger partial charge on any atom is 0.160 e. The van der Waals surface area contributed by atoms with Crippen LogP contribution in [-0.4, -0.2) is 48.5 Å². The number of hydrogen-bond acceptors (Lipinski definition) is 4. The van der Waals surface area contributed by atoms with Gasteiger partial charge >= 0.3 is 0 Å². The van der Waals surface area contributed by atoms with Crippen LogP contribution in [0.2, 0.25) is 0 Å². The molecule has 1 aliphatic heterocycles. The molecular weight excluding hydrogens is 242 g/mol. The molecule has 1 fully saturated rings. The van der Waals surface area contributed by atoms with Gasteiger partial charge in [-0.25, -0.2) is 0 Å². The number of para-hydroxylation sites is 2. The maximum atomic E-state index is 9.65. The molecule has 0 spiro atoms. The van der Waals surface area contributed by atoms with Crippen LogP contribution in [0.5, 0.6) is 11.5 Å². The Bertz CT molecular complexity index is 389. The Kier molecular flexibility index (Phi) is 5.05. The second kappa shape index (κ2) is 6.78. The Balaban J connectivity index is 1.87. The van der Waals surface area contributed by atoms with Gasteiger partial charge in [0.15, 0.2) is 11.5 Å². The topological polar surface area (TPSA) is 52.9 Å². The highest BCUT2D eigenvalue weighted by atomic mass is 16.5. The van der Waals surface area contributed by atoms with E-state index in [0.717, 1.165) is 25.9 Å². The van der Waals surface area contributed by atoms with E-state index in [1.54, 1.807) is 18.2 Å². The van der Waals surface area contributed by atoms with Crippen molar-refractivity contribution in [1.82, 2.24) is 4.90 Å². The standard InChI is InChI=1S/C15H23NO3/c1-16-8-6-12(7-9-16)13(10-17)11-19-15-5-3-2-4-14(15)18/h2-5,12-13,17-18H,6-11H2,1H3. The molecule has 0 aliphatic carbocycles. The third kappa shape index (κ3) is 3.85. The summed E-state index contributed by atoms with van der Waals surface area (Å²) in [4.78, 5) is 2.31. The van der Waals surface area contributed by atoms with Gasteiger partial charge < -0.3 is 19.8 Å². The second-order valence-electron chi connectivity index (χ2n) is 5.36. The minimum Gasteiger partial charge on any atom is -0.504 e. The van der Waals surface area contributed by atoms with Gasteiger partial charge in [-0.3, -0.25) is 0 Å². The van der Waals surface area contributed by atoms with Crippen LogP contribution >= 0.6 is 0 Å². The minimum absolute atomic E-state index is 0.141. The summed E-state index contributed by atoms with van der Waals surface area (Å²) in [5.41, 5.74) is 0. The molecule has 2 N–H and O–H groups in total. The fourth-order valence-corrected chi connectivity index (χ4v) is 2.61. The van der Waals surface area contributed by atoms with Gasteiger partial charge in [0.1, 0.15) is 0 Å². The number of piperidine rings is 1.